The zero-order chi connectivity index (χ0) is 15.1. The van der Waals surface area contributed by atoms with Gasteiger partial charge in [-0.2, -0.15) is 11.8 Å². The van der Waals surface area contributed by atoms with Crippen molar-refractivity contribution in [3.8, 4) is 5.75 Å². The third-order valence-corrected chi connectivity index (χ3v) is 4.92. The molecule has 1 fully saturated rings. The minimum atomic E-state index is 0. The van der Waals surface area contributed by atoms with Gasteiger partial charge in [-0.25, -0.2) is 4.99 Å². The molecular formula is C16H26IN3OS. The lowest BCUT2D eigenvalue weighted by Crippen LogP contribution is -2.48. The summed E-state index contributed by atoms with van der Waals surface area (Å²) in [5.41, 5.74) is 1.03. The zero-order valence-corrected chi connectivity index (χ0v) is 16.4. The quantitative estimate of drug-likeness (QED) is 0.433. The topological polar surface area (TPSA) is 47.9 Å². The number of rotatable bonds is 4. The van der Waals surface area contributed by atoms with Crippen molar-refractivity contribution in [3.05, 3.63) is 29.8 Å². The molecule has 1 aliphatic rings. The average molecular weight is 435 g/mol. The SMILES string of the molecule is CCNC(=NCc1cccc(O)c1)N1CCSC(CC)C1.I. The summed E-state index contributed by atoms with van der Waals surface area (Å²) >= 11 is 2.06. The van der Waals surface area contributed by atoms with E-state index in [2.05, 4.69) is 35.8 Å². The van der Waals surface area contributed by atoms with Gasteiger partial charge in [-0.1, -0.05) is 19.1 Å². The Labute approximate surface area is 154 Å². The number of phenolic OH excluding ortho intramolecular Hbond substituents is 1. The summed E-state index contributed by atoms with van der Waals surface area (Å²) in [7, 11) is 0. The lowest BCUT2D eigenvalue weighted by Gasteiger charge is -2.34. The second kappa shape index (κ2) is 10.2. The maximum atomic E-state index is 9.52. The van der Waals surface area contributed by atoms with Crippen LogP contribution >= 0.6 is 35.7 Å². The standard InChI is InChI=1S/C16H25N3OS.HI/c1-3-15-12-19(8-9-21-15)16(17-4-2)18-11-13-6-5-7-14(20)10-13;/h5-7,10,15,20H,3-4,8-9,11-12H2,1-2H3,(H,17,18);1H. The van der Waals surface area contributed by atoms with Crippen molar-refractivity contribution >= 4 is 41.7 Å². The molecule has 0 aliphatic carbocycles. The van der Waals surface area contributed by atoms with Gasteiger partial charge in [0.15, 0.2) is 5.96 Å². The fraction of sp³-hybridized carbons (Fsp3) is 0.562. The number of phenols is 1. The van der Waals surface area contributed by atoms with Gasteiger partial charge in [0.25, 0.3) is 0 Å². The average Bonchev–Trinajstić information content (AvgIpc) is 2.51. The molecule has 6 heteroatoms. The second-order valence-electron chi connectivity index (χ2n) is 5.19. The first-order chi connectivity index (χ1) is 10.2. The number of aromatic hydroxyl groups is 1. The Morgan fingerprint density at radius 3 is 2.95 bits per heavy atom. The molecule has 1 atom stereocenters. The van der Waals surface area contributed by atoms with Crippen LogP contribution in [0.15, 0.2) is 29.3 Å². The molecule has 0 radical (unpaired) electrons. The molecule has 2 N–H and O–H groups in total. The van der Waals surface area contributed by atoms with Crippen molar-refractivity contribution in [3.63, 3.8) is 0 Å². The number of halogens is 1. The normalized spacial score (nSPS) is 18.7. The number of hydrogen-bond acceptors (Lipinski definition) is 3. The van der Waals surface area contributed by atoms with Gasteiger partial charge in [-0.15, -0.1) is 24.0 Å². The lowest BCUT2D eigenvalue weighted by molar-refractivity contribution is 0.408. The molecule has 1 aromatic rings. The van der Waals surface area contributed by atoms with Crippen molar-refractivity contribution in [1.82, 2.24) is 10.2 Å². The summed E-state index contributed by atoms with van der Waals surface area (Å²) < 4.78 is 0. The summed E-state index contributed by atoms with van der Waals surface area (Å²) in [4.78, 5) is 7.09. The number of nitrogens with one attached hydrogen (secondary N) is 1. The van der Waals surface area contributed by atoms with E-state index in [1.54, 1.807) is 12.1 Å². The van der Waals surface area contributed by atoms with Gasteiger partial charge < -0.3 is 15.3 Å². The third-order valence-electron chi connectivity index (χ3n) is 3.55. The number of guanidine groups is 1. The highest BCUT2D eigenvalue weighted by Crippen LogP contribution is 2.21. The van der Waals surface area contributed by atoms with E-state index in [0.717, 1.165) is 36.9 Å². The summed E-state index contributed by atoms with van der Waals surface area (Å²) in [6.45, 7) is 7.92. The molecule has 124 valence electrons. The van der Waals surface area contributed by atoms with E-state index in [1.807, 2.05) is 12.1 Å². The molecule has 0 saturated carbocycles. The highest BCUT2D eigenvalue weighted by Gasteiger charge is 2.21. The zero-order valence-electron chi connectivity index (χ0n) is 13.3. The van der Waals surface area contributed by atoms with Gasteiger partial charge in [0, 0.05) is 30.6 Å². The number of benzene rings is 1. The van der Waals surface area contributed by atoms with Crippen LogP contribution in [-0.4, -0.2) is 46.6 Å². The maximum absolute atomic E-state index is 9.52. The fourth-order valence-corrected chi connectivity index (χ4v) is 3.59. The Kier molecular flexibility index (Phi) is 9.00. The minimum absolute atomic E-state index is 0. The second-order valence-corrected chi connectivity index (χ2v) is 6.60. The maximum Gasteiger partial charge on any atom is 0.194 e. The van der Waals surface area contributed by atoms with E-state index in [1.165, 1.54) is 6.42 Å². The van der Waals surface area contributed by atoms with Gasteiger partial charge in [0.2, 0.25) is 0 Å². The summed E-state index contributed by atoms with van der Waals surface area (Å²) in [5.74, 6) is 2.45. The van der Waals surface area contributed by atoms with Crippen molar-refractivity contribution in [2.24, 2.45) is 4.99 Å². The smallest absolute Gasteiger partial charge is 0.194 e. The largest absolute Gasteiger partial charge is 0.508 e. The Balaban J connectivity index is 0.00000242. The van der Waals surface area contributed by atoms with Gasteiger partial charge in [0.1, 0.15) is 5.75 Å². The van der Waals surface area contributed by atoms with Crippen LogP contribution in [0.25, 0.3) is 0 Å². The molecule has 1 heterocycles. The van der Waals surface area contributed by atoms with Crippen LogP contribution < -0.4 is 5.32 Å². The van der Waals surface area contributed by atoms with Gasteiger partial charge in [-0.05, 0) is 31.0 Å². The first-order valence-corrected chi connectivity index (χ1v) is 8.70. The summed E-state index contributed by atoms with van der Waals surface area (Å²) in [6, 6.07) is 7.31. The molecule has 1 unspecified atom stereocenters. The van der Waals surface area contributed by atoms with E-state index in [0.29, 0.717) is 17.5 Å². The van der Waals surface area contributed by atoms with Gasteiger partial charge >= 0.3 is 0 Å². The van der Waals surface area contributed by atoms with Crippen LogP contribution in [0.4, 0.5) is 0 Å². The van der Waals surface area contributed by atoms with E-state index in [-0.39, 0.29) is 24.0 Å². The summed E-state index contributed by atoms with van der Waals surface area (Å²) in [6.07, 6.45) is 1.20. The van der Waals surface area contributed by atoms with E-state index in [9.17, 15) is 5.11 Å². The highest BCUT2D eigenvalue weighted by molar-refractivity contribution is 14.0. The molecule has 1 aliphatic heterocycles. The van der Waals surface area contributed by atoms with Crippen LogP contribution in [0.1, 0.15) is 25.8 Å². The van der Waals surface area contributed by atoms with Crippen LogP contribution in [0.2, 0.25) is 0 Å². The van der Waals surface area contributed by atoms with E-state index >= 15 is 0 Å². The van der Waals surface area contributed by atoms with E-state index in [4.69, 9.17) is 4.99 Å². The predicted molar refractivity (Wildman–Crippen MR) is 106 cm³/mol. The minimum Gasteiger partial charge on any atom is -0.508 e. The molecule has 1 saturated heterocycles. The number of nitrogens with zero attached hydrogens (tertiary/aromatic N) is 2. The molecule has 0 aromatic heterocycles. The predicted octanol–water partition coefficient (Wildman–Crippen LogP) is 3.30. The Morgan fingerprint density at radius 2 is 2.27 bits per heavy atom. The first kappa shape index (κ1) is 19.4. The van der Waals surface area contributed by atoms with Crippen LogP contribution in [0.3, 0.4) is 0 Å². The van der Waals surface area contributed by atoms with Crippen LogP contribution in [0.5, 0.6) is 5.75 Å². The highest BCUT2D eigenvalue weighted by atomic mass is 127. The van der Waals surface area contributed by atoms with Crippen molar-refractivity contribution in [2.45, 2.75) is 32.1 Å². The lowest BCUT2D eigenvalue weighted by atomic mass is 10.2. The van der Waals surface area contributed by atoms with E-state index < -0.39 is 0 Å². The number of aliphatic imine (C=N–C) groups is 1. The molecule has 22 heavy (non-hydrogen) atoms. The molecule has 4 nitrogen and oxygen atoms in total. The molecular weight excluding hydrogens is 409 g/mol. The Morgan fingerprint density at radius 1 is 1.45 bits per heavy atom. The molecule has 2 rings (SSSR count). The fourth-order valence-electron chi connectivity index (χ4n) is 2.41. The molecule has 1 aromatic carbocycles. The van der Waals surface area contributed by atoms with Gasteiger partial charge in [0.05, 0.1) is 6.54 Å². The first-order valence-electron chi connectivity index (χ1n) is 7.65. The molecule has 0 amide bonds. The Hall–Kier alpha value is -0.630. The van der Waals surface area contributed by atoms with Crippen molar-refractivity contribution < 1.29 is 5.11 Å². The number of hydrogen-bond donors (Lipinski definition) is 2. The van der Waals surface area contributed by atoms with Crippen molar-refractivity contribution in [1.29, 1.82) is 0 Å². The molecule has 0 bridgehead atoms. The van der Waals surface area contributed by atoms with Crippen LogP contribution in [0, 0.1) is 0 Å². The third kappa shape index (κ3) is 5.87. The van der Waals surface area contributed by atoms with Crippen molar-refractivity contribution in [2.75, 3.05) is 25.4 Å². The monoisotopic (exact) mass is 435 g/mol. The molecule has 0 spiro atoms. The number of thioether (sulfide) groups is 1. The summed E-state index contributed by atoms with van der Waals surface area (Å²) in [5, 5.41) is 13.6. The van der Waals surface area contributed by atoms with Gasteiger partial charge in [-0.3, -0.25) is 0 Å². The Bertz CT molecular complexity index is 484. The van der Waals surface area contributed by atoms with Crippen LogP contribution in [-0.2, 0) is 6.54 Å².